The predicted molar refractivity (Wildman–Crippen MR) is 110 cm³/mol. The first-order valence-corrected chi connectivity index (χ1v) is 12.8. The number of azide groups is 1. The molecule has 0 rings (SSSR count). The van der Waals surface area contributed by atoms with Crippen molar-refractivity contribution in [2.45, 2.75) is 103 Å². The largest absolute Gasteiger partial charge is 0.460 e. The number of halogens is 26. The lowest BCUT2D eigenvalue weighted by Crippen LogP contribution is -2.70. The molecular weight excluding hydrogens is 796 g/mol. The minimum absolute atomic E-state index is 0.272. The maximum atomic E-state index is 13.9. The molecule has 1 atom stereocenters. The van der Waals surface area contributed by atoms with Crippen LogP contribution in [0.25, 0.3) is 10.4 Å². The summed E-state index contributed by atoms with van der Waals surface area (Å²) in [4.78, 5) is 1.88. The van der Waals surface area contributed by atoms with E-state index in [0.29, 0.717) is 0 Å². The molecule has 292 valence electrons. The summed E-state index contributed by atoms with van der Waals surface area (Å²) >= 11 is -0.272. The van der Waals surface area contributed by atoms with Gasteiger partial charge in [-0.05, 0) is 29.9 Å². The quantitative estimate of drug-likeness (QED) is 0.0447. The summed E-state index contributed by atoms with van der Waals surface area (Å²) in [5, 5.41) is 2.55. The Balaban J connectivity index is 5.73. The summed E-state index contributed by atoms with van der Waals surface area (Å²) in [5.74, 6) is -80.1. The molecular formula is C19H13F26N3S. The van der Waals surface area contributed by atoms with Crippen LogP contribution in [0, 0.1) is 0 Å². The van der Waals surface area contributed by atoms with Crippen molar-refractivity contribution in [2.24, 2.45) is 5.11 Å². The van der Waals surface area contributed by atoms with E-state index in [4.69, 9.17) is 5.53 Å². The molecule has 0 fully saturated rings. The number of alkyl halides is 26. The van der Waals surface area contributed by atoms with E-state index in [1.807, 2.05) is 4.91 Å². The van der Waals surface area contributed by atoms with Gasteiger partial charge in [0.1, 0.15) is 0 Å². The molecule has 1 unspecified atom stereocenters. The molecule has 0 aromatic carbocycles. The van der Waals surface area contributed by atoms with Crippen molar-refractivity contribution in [2.75, 3.05) is 11.5 Å². The second-order valence-electron chi connectivity index (χ2n) is 9.55. The van der Waals surface area contributed by atoms with Crippen LogP contribution < -0.4 is 0 Å². The Morgan fingerprint density at radius 3 is 1.02 bits per heavy atom. The van der Waals surface area contributed by atoms with Gasteiger partial charge in [0.2, 0.25) is 0 Å². The molecule has 0 spiro atoms. The van der Waals surface area contributed by atoms with Gasteiger partial charge in [-0.15, -0.1) is 0 Å². The number of thioether (sulfide) groups is 1. The van der Waals surface area contributed by atoms with Crippen LogP contribution in [0.5, 0.6) is 0 Å². The molecule has 30 heteroatoms. The van der Waals surface area contributed by atoms with Crippen LogP contribution in [0.2, 0.25) is 0 Å². The van der Waals surface area contributed by atoms with Gasteiger partial charge in [-0.3, -0.25) is 0 Å². The van der Waals surface area contributed by atoms with Crippen LogP contribution >= 0.6 is 11.8 Å². The fraction of sp³-hybridized carbons (Fsp3) is 1.00. The minimum atomic E-state index is -8.23. The molecule has 0 aromatic heterocycles. The Bertz CT molecular complexity index is 1170. The van der Waals surface area contributed by atoms with Crippen LogP contribution in [0.1, 0.15) is 25.7 Å². The Morgan fingerprint density at radius 2 is 0.714 bits per heavy atom. The van der Waals surface area contributed by atoms with Gasteiger partial charge in [0.05, 0.1) is 0 Å². The number of hydrogen-bond donors (Lipinski definition) is 0. The number of hydrogen-bond acceptors (Lipinski definition) is 2. The monoisotopic (exact) mass is 809 g/mol. The minimum Gasteiger partial charge on any atom is -0.200 e. The Morgan fingerprint density at radius 1 is 0.408 bits per heavy atom. The Kier molecular flexibility index (Phi) is 13.2. The summed E-state index contributed by atoms with van der Waals surface area (Å²) in [6.07, 6.45) is -24.1. The first-order valence-electron chi connectivity index (χ1n) is 11.7. The van der Waals surface area contributed by atoms with E-state index < -0.39 is 115 Å². The van der Waals surface area contributed by atoms with E-state index in [1.54, 1.807) is 0 Å². The van der Waals surface area contributed by atoms with Crippen LogP contribution in [0.15, 0.2) is 5.11 Å². The average molecular weight is 809 g/mol. The lowest BCUT2D eigenvalue weighted by atomic mass is 9.91. The molecule has 49 heavy (non-hydrogen) atoms. The van der Waals surface area contributed by atoms with Crippen LogP contribution in [-0.4, -0.2) is 89.1 Å². The third-order valence-corrected chi connectivity index (χ3v) is 7.18. The van der Waals surface area contributed by atoms with Crippen molar-refractivity contribution in [3.05, 3.63) is 10.4 Å². The SMILES string of the molecule is [N-]=[N+]=NC(CCSCCC(F)(F)C(F)(F)C(F)(F)C(F)(F)C(F)(F)C(F)(F)F)CCC(F)(F)C(F)(F)C(F)(F)C(F)(F)C(F)(F)C(F)(F)F. The van der Waals surface area contributed by atoms with Gasteiger partial charge in [0, 0.05) is 23.8 Å². The van der Waals surface area contributed by atoms with E-state index in [9.17, 15) is 114 Å². The van der Waals surface area contributed by atoms with Gasteiger partial charge in [0.25, 0.3) is 0 Å². The number of nitrogens with zero attached hydrogens (tertiary/aromatic N) is 3. The lowest BCUT2D eigenvalue weighted by molar-refractivity contribution is -0.440. The fourth-order valence-corrected chi connectivity index (χ4v) is 4.16. The summed E-state index contributed by atoms with van der Waals surface area (Å²) in [6.45, 7) is 0. The molecule has 0 radical (unpaired) electrons. The highest BCUT2D eigenvalue weighted by Crippen LogP contribution is 2.62. The van der Waals surface area contributed by atoms with Crippen molar-refractivity contribution < 1.29 is 114 Å². The molecule has 0 aliphatic heterocycles. The summed E-state index contributed by atoms with van der Waals surface area (Å²) in [6, 6.07) is -2.28. The normalized spacial score (nSPS) is 16.4. The van der Waals surface area contributed by atoms with Crippen molar-refractivity contribution in [3.8, 4) is 0 Å². The van der Waals surface area contributed by atoms with Gasteiger partial charge in [-0.1, -0.05) is 5.11 Å². The van der Waals surface area contributed by atoms with Crippen molar-refractivity contribution in [1.29, 1.82) is 0 Å². The first kappa shape index (κ1) is 46.8. The van der Waals surface area contributed by atoms with E-state index in [2.05, 4.69) is 5.11 Å². The topological polar surface area (TPSA) is 48.8 Å². The van der Waals surface area contributed by atoms with Gasteiger partial charge < -0.3 is 0 Å². The van der Waals surface area contributed by atoms with Crippen LogP contribution in [0.3, 0.4) is 0 Å². The molecule has 0 bridgehead atoms. The molecule has 0 aliphatic rings. The fourth-order valence-electron chi connectivity index (χ4n) is 3.12. The first-order chi connectivity index (χ1) is 21.1. The zero-order valence-corrected chi connectivity index (χ0v) is 23.2. The van der Waals surface area contributed by atoms with Crippen molar-refractivity contribution >= 4 is 11.8 Å². The maximum absolute atomic E-state index is 13.9. The molecule has 0 heterocycles. The second kappa shape index (κ2) is 13.8. The Hall–Kier alpha value is -2.16. The highest BCUT2D eigenvalue weighted by Gasteiger charge is 2.92. The third kappa shape index (κ3) is 7.86. The second-order valence-corrected chi connectivity index (χ2v) is 10.8. The van der Waals surface area contributed by atoms with Gasteiger partial charge >= 0.3 is 71.6 Å². The molecule has 0 saturated heterocycles. The van der Waals surface area contributed by atoms with E-state index >= 15 is 0 Å². The highest BCUT2D eigenvalue weighted by atomic mass is 32.2. The molecule has 3 nitrogen and oxygen atoms in total. The predicted octanol–water partition coefficient (Wildman–Crippen LogP) is 11.4. The van der Waals surface area contributed by atoms with E-state index in [1.165, 1.54) is 0 Å². The molecule has 0 saturated carbocycles. The van der Waals surface area contributed by atoms with Gasteiger partial charge in [-0.2, -0.15) is 126 Å². The zero-order chi connectivity index (χ0) is 39.9. The van der Waals surface area contributed by atoms with Crippen molar-refractivity contribution in [1.82, 2.24) is 0 Å². The molecule has 0 N–H and O–H groups in total. The zero-order valence-electron chi connectivity index (χ0n) is 22.4. The average Bonchev–Trinajstić information content (AvgIpc) is 2.89. The molecule has 0 amide bonds. The highest BCUT2D eigenvalue weighted by molar-refractivity contribution is 7.99. The van der Waals surface area contributed by atoms with E-state index in [-0.39, 0.29) is 11.8 Å². The smallest absolute Gasteiger partial charge is 0.200 e. The standard InChI is InChI=1S/C19H13F26N3S/c20-8(21,10(24,25)12(28,29)14(32,33)16(36,37)18(40,41)42)3-1-7(47-48-46)2-5-49-6-4-9(22,23)11(26,27)13(30,31)15(34,35)17(38,39)19(43,44)45/h7H,1-6H2. The van der Waals surface area contributed by atoms with Crippen LogP contribution in [-0.2, 0) is 0 Å². The van der Waals surface area contributed by atoms with Gasteiger partial charge in [0.15, 0.2) is 0 Å². The van der Waals surface area contributed by atoms with E-state index in [0.717, 1.165) is 0 Å². The van der Waals surface area contributed by atoms with Crippen molar-refractivity contribution in [3.63, 3.8) is 0 Å². The van der Waals surface area contributed by atoms with Crippen LogP contribution in [0.4, 0.5) is 114 Å². The maximum Gasteiger partial charge on any atom is 0.460 e. The lowest BCUT2D eigenvalue weighted by Gasteiger charge is -2.40. The molecule has 0 aromatic rings. The number of rotatable bonds is 18. The van der Waals surface area contributed by atoms with Gasteiger partial charge in [-0.25, -0.2) is 0 Å². The summed E-state index contributed by atoms with van der Waals surface area (Å²) in [7, 11) is 0. The molecule has 0 aliphatic carbocycles. The summed E-state index contributed by atoms with van der Waals surface area (Å²) in [5.41, 5.74) is 8.34. The Labute approximate surface area is 257 Å². The summed E-state index contributed by atoms with van der Waals surface area (Å²) < 4.78 is 341. The third-order valence-electron chi connectivity index (χ3n) is 6.16.